The van der Waals surface area contributed by atoms with E-state index in [1.54, 1.807) is 19.1 Å². The van der Waals surface area contributed by atoms with E-state index in [0.717, 1.165) is 5.56 Å². The molecule has 1 unspecified atom stereocenters. The molecule has 3 rings (SSSR count). The van der Waals surface area contributed by atoms with Crippen LogP contribution in [0.25, 0.3) is 0 Å². The van der Waals surface area contributed by atoms with Crippen LogP contribution in [-0.4, -0.2) is 16.2 Å². The van der Waals surface area contributed by atoms with E-state index >= 15 is 0 Å². The molecule has 0 heterocycles. The number of aryl methyl sites for hydroxylation is 1. The third kappa shape index (κ3) is 2.98. The summed E-state index contributed by atoms with van der Waals surface area (Å²) in [6.45, 7) is 1.78. The van der Waals surface area contributed by atoms with Crippen molar-refractivity contribution in [2.75, 3.05) is 5.43 Å². The molecule has 8 heteroatoms. The Morgan fingerprint density at radius 3 is 2.71 bits per heavy atom. The Balaban J connectivity index is 2.05. The second-order valence-electron chi connectivity index (χ2n) is 5.77. The zero-order valence-corrected chi connectivity index (χ0v) is 15.5. The fourth-order valence-electron chi connectivity index (χ4n) is 2.85. The Morgan fingerprint density at radius 2 is 2.00 bits per heavy atom. The maximum Gasteiger partial charge on any atom is 0.231 e. The number of anilines is 1. The van der Waals surface area contributed by atoms with Gasteiger partial charge in [0.1, 0.15) is 11.5 Å². The SMILES string of the molecule is Cc1cc2c(c([N+](O)(O)Nc3ccc(F)c(Br)c3P)c1)CCC2=O. The van der Waals surface area contributed by atoms with Gasteiger partial charge in [0.2, 0.25) is 5.69 Å². The van der Waals surface area contributed by atoms with Crippen LogP contribution in [0.2, 0.25) is 0 Å². The molecule has 1 atom stereocenters. The number of quaternary nitrogens is 1. The van der Waals surface area contributed by atoms with Crippen molar-refractivity contribution in [1.29, 1.82) is 0 Å². The maximum atomic E-state index is 13.5. The number of carbonyl (C=O) groups excluding carboxylic acids is 1. The first-order valence-corrected chi connectivity index (χ1v) is 8.61. The predicted molar refractivity (Wildman–Crippen MR) is 96.3 cm³/mol. The number of hydrogen-bond acceptors (Lipinski definition) is 4. The number of fused-ring (bicyclic) bond motifs is 1. The summed E-state index contributed by atoms with van der Waals surface area (Å²) >= 11 is 3.11. The molecule has 24 heavy (non-hydrogen) atoms. The lowest BCUT2D eigenvalue weighted by Gasteiger charge is -2.24. The summed E-state index contributed by atoms with van der Waals surface area (Å²) < 4.78 is 13.7. The molecule has 5 nitrogen and oxygen atoms in total. The molecule has 1 aliphatic rings. The Morgan fingerprint density at radius 1 is 1.29 bits per heavy atom. The van der Waals surface area contributed by atoms with E-state index in [9.17, 15) is 19.6 Å². The van der Waals surface area contributed by atoms with E-state index in [0.29, 0.717) is 35.0 Å². The molecule has 2 aromatic rings. The van der Waals surface area contributed by atoms with Crippen molar-refractivity contribution >= 4 is 47.6 Å². The summed E-state index contributed by atoms with van der Waals surface area (Å²) in [7, 11) is 2.34. The van der Waals surface area contributed by atoms with Crippen molar-refractivity contribution in [3.63, 3.8) is 0 Å². The van der Waals surface area contributed by atoms with Gasteiger partial charge in [-0.05, 0) is 53.0 Å². The number of halogens is 2. The first-order chi connectivity index (χ1) is 11.2. The minimum atomic E-state index is -1.63. The lowest BCUT2D eigenvalue weighted by atomic mass is 10.0. The summed E-state index contributed by atoms with van der Waals surface area (Å²) in [5.74, 6) is -0.465. The van der Waals surface area contributed by atoms with Crippen LogP contribution in [0.1, 0.15) is 27.9 Å². The second kappa shape index (κ2) is 6.17. The summed E-state index contributed by atoms with van der Waals surface area (Å²) in [6, 6.07) is 5.99. The molecule has 0 bridgehead atoms. The van der Waals surface area contributed by atoms with E-state index in [1.165, 1.54) is 12.1 Å². The third-order valence-electron chi connectivity index (χ3n) is 4.02. The van der Waals surface area contributed by atoms with Crippen molar-refractivity contribution in [3.05, 3.63) is 51.2 Å². The summed E-state index contributed by atoms with van der Waals surface area (Å²) in [4.78, 5) is 10.3. The molecule has 0 amide bonds. The molecule has 0 spiro atoms. The average molecular weight is 414 g/mol. The zero-order valence-electron chi connectivity index (χ0n) is 12.8. The highest BCUT2D eigenvalue weighted by Gasteiger charge is 2.37. The van der Waals surface area contributed by atoms with Crippen molar-refractivity contribution in [3.8, 4) is 0 Å². The number of ketones is 1. The normalized spacial score (nSPS) is 14.0. The van der Waals surface area contributed by atoms with Crippen LogP contribution in [-0.2, 0) is 6.42 Å². The number of rotatable bonds is 3. The van der Waals surface area contributed by atoms with Gasteiger partial charge in [0.05, 0.1) is 9.39 Å². The molecule has 0 radical (unpaired) electrons. The number of nitrogens with one attached hydrogen (secondary N) is 1. The molecule has 0 saturated heterocycles. The molecule has 2 aromatic carbocycles. The highest BCUT2D eigenvalue weighted by Crippen LogP contribution is 2.35. The minimum absolute atomic E-state index is 0.00814. The van der Waals surface area contributed by atoms with Gasteiger partial charge >= 0.3 is 0 Å². The van der Waals surface area contributed by atoms with Gasteiger partial charge in [0.25, 0.3) is 0 Å². The van der Waals surface area contributed by atoms with Crippen LogP contribution >= 0.6 is 25.2 Å². The molecular weight excluding hydrogens is 398 g/mol. The van der Waals surface area contributed by atoms with Crippen LogP contribution in [0, 0.1) is 12.7 Å². The molecule has 0 aliphatic heterocycles. The van der Waals surface area contributed by atoms with Crippen molar-refractivity contribution in [2.24, 2.45) is 0 Å². The summed E-state index contributed by atoms with van der Waals surface area (Å²) in [5.41, 5.74) is 4.93. The molecular formula is C16H16BrFN2O3P+. The van der Waals surface area contributed by atoms with Gasteiger partial charge in [-0.1, -0.05) is 0 Å². The lowest BCUT2D eigenvalue weighted by molar-refractivity contribution is -0.272. The summed E-state index contributed by atoms with van der Waals surface area (Å²) in [5, 5.41) is 21.5. The quantitative estimate of drug-likeness (QED) is 0.408. The molecule has 3 N–H and O–H groups in total. The highest BCUT2D eigenvalue weighted by molar-refractivity contribution is 9.10. The van der Waals surface area contributed by atoms with Gasteiger partial charge in [-0.15, -0.1) is 19.7 Å². The first-order valence-electron chi connectivity index (χ1n) is 7.24. The Labute approximate surface area is 148 Å². The number of carbonyl (C=O) groups is 1. The van der Waals surface area contributed by atoms with Crippen LogP contribution in [0.5, 0.6) is 0 Å². The van der Waals surface area contributed by atoms with Crippen molar-refractivity contribution in [1.82, 2.24) is 4.92 Å². The maximum absolute atomic E-state index is 13.5. The summed E-state index contributed by atoms with van der Waals surface area (Å²) in [6.07, 6.45) is 0.802. The predicted octanol–water partition coefficient (Wildman–Crippen LogP) is 3.64. The second-order valence-corrected chi connectivity index (χ2v) is 7.14. The number of nitrogens with zero attached hydrogens (tertiary/aromatic N) is 1. The largest absolute Gasteiger partial charge is 0.294 e. The van der Waals surface area contributed by atoms with Gasteiger partial charge < -0.3 is 0 Å². The third-order valence-corrected chi connectivity index (χ3v) is 5.85. The van der Waals surface area contributed by atoms with E-state index in [2.05, 4.69) is 30.6 Å². The monoisotopic (exact) mass is 413 g/mol. The fourth-order valence-corrected chi connectivity index (χ4v) is 3.50. The fraction of sp³-hybridized carbons (Fsp3) is 0.188. The van der Waals surface area contributed by atoms with Crippen molar-refractivity contribution in [2.45, 2.75) is 19.8 Å². The highest BCUT2D eigenvalue weighted by atomic mass is 79.9. The molecule has 1 aliphatic carbocycles. The minimum Gasteiger partial charge on any atom is -0.294 e. The van der Waals surface area contributed by atoms with E-state index < -0.39 is 10.7 Å². The number of Topliss-reactive ketones (excluding diaryl/α,β-unsaturated/α-hetero) is 1. The smallest absolute Gasteiger partial charge is 0.231 e. The van der Waals surface area contributed by atoms with E-state index in [4.69, 9.17) is 0 Å². The van der Waals surface area contributed by atoms with Gasteiger partial charge in [-0.2, -0.15) is 5.43 Å². The zero-order chi connectivity index (χ0) is 17.6. The number of benzene rings is 2. The first kappa shape index (κ1) is 17.5. The Hall–Kier alpha value is -1.37. The molecule has 0 aromatic heterocycles. The van der Waals surface area contributed by atoms with Crippen molar-refractivity contribution < 1.29 is 19.6 Å². The van der Waals surface area contributed by atoms with E-state index in [1.807, 2.05) is 0 Å². The van der Waals surface area contributed by atoms with Crippen LogP contribution < -0.4 is 15.6 Å². The standard InChI is InChI=1S/C16H16BrFN2O3P/c1-8-6-10-9(2-5-14(10)21)13(7-8)20(22,23)19-12-4-3-11(18)15(17)16(12)24/h3-4,6-7,19,22-23H,2,5,24H2,1H3/q+1. The average Bonchev–Trinajstić information content (AvgIpc) is 2.88. The van der Waals surface area contributed by atoms with Gasteiger partial charge in [-0.25, -0.2) is 4.39 Å². The topological polar surface area (TPSA) is 69.6 Å². The van der Waals surface area contributed by atoms with Crippen LogP contribution in [0.15, 0.2) is 28.7 Å². The van der Waals surface area contributed by atoms with Gasteiger partial charge in [0.15, 0.2) is 5.78 Å². The Kier molecular flexibility index (Phi) is 4.49. The van der Waals surface area contributed by atoms with Crippen LogP contribution in [0.4, 0.5) is 15.8 Å². The lowest BCUT2D eigenvalue weighted by Crippen LogP contribution is -2.49. The van der Waals surface area contributed by atoms with Gasteiger partial charge in [0, 0.05) is 28.9 Å². The molecule has 0 saturated carbocycles. The van der Waals surface area contributed by atoms with Crippen LogP contribution in [0.3, 0.4) is 0 Å². The number of hydrogen-bond donors (Lipinski definition) is 3. The molecule has 0 fully saturated rings. The Bertz CT molecular complexity index is 858. The van der Waals surface area contributed by atoms with E-state index in [-0.39, 0.29) is 15.9 Å². The van der Waals surface area contributed by atoms with Gasteiger partial charge in [-0.3, -0.25) is 4.79 Å². The molecule has 126 valence electrons.